The van der Waals surface area contributed by atoms with E-state index in [9.17, 15) is 0 Å². The first-order chi connectivity index (χ1) is 9.83. The molecule has 2 heteroatoms. The number of hydrogen-bond acceptors (Lipinski definition) is 2. The zero-order valence-corrected chi connectivity index (χ0v) is 13.2. The summed E-state index contributed by atoms with van der Waals surface area (Å²) in [5.74, 6) is 3.63. The Morgan fingerprint density at radius 1 is 0.850 bits per heavy atom. The fourth-order valence-electron chi connectivity index (χ4n) is 4.21. The first-order valence-corrected chi connectivity index (χ1v) is 8.51. The van der Waals surface area contributed by atoms with Gasteiger partial charge in [-0.15, -0.1) is 6.58 Å². The number of methoxy groups -OCH3 is 1. The maximum atomic E-state index is 5.61. The van der Waals surface area contributed by atoms with Crippen LogP contribution in [0.2, 0.25) is 0 Å². The molecule has 0 bridgehead atoms. The lowest BCUT2D eigenvalue weighted by molar-refractivity contribution is 0.0686. The lowest BCUT2D eigenvalue weighted by Gasteiger charge is -2.37. The van der Waals surface area contributed by atoms with Gasteiger partial charge in [-0.05, 0) is 75.0 Å². The van der Waals surface area contributed by atoms with Crippen molar-refractivity contribution in [1.82, 2.24) is 0 Å². The van der Waals surface area contributed by atoms with Gasteiger partial charge >= 0.3 is 0 Å². The van der Waals surface area contributed by atoms with E-state index >= 15 is 0 Å². The largest absolute Gasteiger partial charge is 0.384 e. The van der Waals surface area contributed by atoms with Crippen LogP contribution >= 0.6 is 0 Å². The van der Waals surface area contributed by atoms with E-state index in [1.165, 1.54) is 51.4 Å². The number of ether oxygens (including phenoxy) is 2. The Kier molecular flexibility index (Phi) is 7.09. The van der Waals surface area contributed by atoms with Gasteiger partial charge in [0.05, 0.1) is 6.61 Å². The van der Waals surface area contributed by atoms with Crippen LogP contribution in [0.1, 0.15) is 51.4 Å². The second-order valence-electron chi connectivity index (χ2n) is 6.84. The molecule has 20 heavy (non-hydrogen) atoms. The molecule has 2 aliphatic carbocycles. The van der Waals surface area contributed by atoms with Gasteiger partial charge in [0.25, 0.3) is 0 Å². The minimum Gasteiger partial charge on any atom is -0.384 e. The molecule has 2 rings (SSSR count). The zero-order valence-electron chi connectivity index (χ0n) is 13.2. The van der Waals surface area contributed by atoms with Crippen molar-refractivity contribution in [3.63, 3.8) is 0 Å². The Balaban J connectivity index is 1.63. The van der Waals surface area contributed by atoms with E-state index in [1.807, 2.05) is 13.2 Å². The van der Waals surface area contributed by atoms with E-state index in [0.29, 0.717) is 6.61 Å². The van der Waals surface area contributed by atoms with Crippen molar-refractivity contribution in [3.05, 3.63) is 12.7 Å². The van der Waals surface area contributed by atoms with Gasteiger partial charge < -0.3 is 9.47 Å². The van der Waals surface area contributed by atoms with Crippen molar-refractivity contribution in [3.8, 4) is 0 Å². The van der Waals surface area contributed by atoms with Crippen molar-refractivity contribution in [1.29, 1.82) is 0 Å². The highest BCUT2D eigenvalue weighted by Gasteiger charge is 2.30. The first-order valence-electron chi connectivity index (χ1n) is 8.51. The zero-order chi connectivity index (χ0) is 14.2. The molecule has 2 aliphatic rings. The van der Waals surface area contributed by atoms with Crippen LogP contribution in [0, 0.1) is 23.7 Å². The van der Waals surface area contributed by atoms with Crippen molar-refractivity contribution in [2.24, 2.45) is 23.7 Å². The smallest absolute Gasteiger partial charge is 0.0644 e. The lowest BCUT2D eigenvalue weighted by Crippen LogP contribution is -2.28. The molecule has 2 saturated carbocycles. The second-order valence-corrected chi connectivity index (χ2v) is 6.84. The minimum atomic E-state index is 0.712. The van der Waals surface area contributed by atoms with Crippen molar-refractivity contribution in [2.75, 3.05) is 26.9 Å². The average Bonchev–Trinajstić information content (AvgIpc) is 2.49. The molecule has 0 aromatic rings. The average molecular weight is 280 g/mol. The van der Waals surface area contributed by atoms with Gasteiger partial charge in [-0.3, -0.25) is 0 Å². The minimum absolute atomic E-state index is 0.712. The summed E-state index contributed by atoms with van der Waals surface area (Å²) in [4.78, 5) is 0. The van der Waals surface area contributed by atoms with E-state index < -0.39 is 0 Å². The summed E-state index contributed by atoms with van der Waals surface area (Å²) < 4.78 is 10.9. The van der Waals surface area contributed by atoms with Crippen LogP contribution in [0.15, 0.2) is 12.7 Å². The molecule has 0 atom stereocenters. The molecule has 0 amide bonds. The summed E-state index contributed by atoms with van der Waals surface area (Å²) in [5.41, 5.74) is 0. The van der Waals surface area contributed by atoms with E-state index in [2.05, 4.69) is 6.58 Å². The Morgan fingerprint density at radius 2 is 1.35 bits per heavy atom. The summed E-state index contributed by atoms with van der Waals surface area (Å²) in [6, 6.07) is 0. The van der Waals surface area contributed by atoms with Crippen LogP contribution in [-0.4, -0.2) is 26.9 Å². The summed E-state index contributed by atoms with van der Waals surface area (Å²) in [6.45, 7) is 6.33. The third kappa shape index (κ3) is 4.89. The van der Waals surface area contributed by atoms with Crippen LogP contribution < -0.4 is 0 Å². The molecule has 0 N–H and O–H groups in total. The van der Waals surface area contributed by atoms with Gasteiger partial charge in [0.2, 0.25) is 0 Å². The quantitative estimate of drug-likeness (QED) is 0.507. The monoisotopic (exact) mass is 280 g/mol. The van der Waals surface area contributed by atoms with Crippen LogP contribution in [-0.2, 0) is 9.47 Å². The van der Waals surface area contributed by atoms with E-state index in [1.54, 1.807) is 0 Å². The lowest BCUT2D eigenvalue weighted by atomic mass is 9.69. The summed E-state index contributed by atoms with van der Waals surface area (Å²) in [7, 11) is 1.84. The van der Waals surface area contributed by atoms with Crippen LogP contribution in [0.25, 0.3) is 0 Å². The van der Waals surface area contributed by atoms with Gasteiger partial charge in [0.15, 0.2) is 0 Å². The van der Waals surface area contributed by atoms with Gasteiger partial charge in [0, 0.05) is 20.3 Å². The molecule has 2 fully saturated rings. The molecule has 0 aliphatic heterocycles. The Morgan fingerprint density at radius 3 is 1.80 bits per heavy atom. The van der Waals surface area contributed by atoms with Crippen molar-refractivity contribution >= 4 is 0 Å². The van der Waals surface area contributed by atoms with Gasteiger partial charge in [-0.1, -0.05) is 6.08 Å². The molecular weight excluding hydrogens is 248 g/mol. The maximum absolute atomic E-state index is 5.61. The Hall–Kier alpha value is -0.340. The number of rotatable bonds is 7. The highest BCUT2D eigenvalue weighted by molar-refractivity contribution is 4.82. The normalized spacial score (nSPS) is 34.9. The third-order valence-electron chi connectivity index (χ3n) is 5.44. The highest BCUT2D eigenvalue weighted by atomic mass is 16.5. The van der Waals surface area contributed by atoms with Crippen LogP contribution in [0.4, 0.5) is 0 Å². The van der Waals surface area contributed by atoms with E-state index in [0.717, 1.165) is 36.9 Å². The molecule has 0 unspecified atom stereocenters. The molecule has 2 nitrogen and oxygen atoms in total. The van der Waals surface area contributed by atoms with E-state index in [-0.39, 0.29) is 0 Å². The van der Waals surface area contributed by atoms with Gasteiger partial charge in [-0.25, -0.2) is 0 Å². The third-order valence-corrected chi connectivity index (χ3v) is 5.44. The predicted octanol–water partition coefficient (Wildman–Crippen LogP) is 4.45. The first kappa shape index (κ1) is 16.0. The fraction of sp³-hybridized carbons (Fsp3) is 0.889. The Bertz CT molecular complexity index is 261. The fourth-order valence-corrected chi connectivity index (χ4v) is 4.21. The summed E-state index contributed by atoms with van der Waals surface area (Å²) in [5, 5.41) is 0. The van der Waals surface area contributed by atoms with E-state index in [4.69, 9.17) is 9.47 Å². The van der Waals surface area contributed by atoms with Crippen molar-refractivity contribution in [2.45, 2.75) is 51.4 Å². The summed E-state index contributed by atoms with van der Waals surface area (Å²) >= 11 is 0. The molecular formula is C18H32O2. The molecule has 0 radical (unpaired) electrons. The highest BCUT2D eigenvalue weighted by Crippen LogP contribution is 2.41. The molecule has 0 heterocycles. The van der Waals surface area contributed by atoms with Crippen LogP contribution in [0.5, 0.6) is 0 Å². The number of hydrogen-bond donors (Lipinski definition) is 0. The standard InChI is InChI=1S/C18H32O2/c1-3-12-20-14-16-6-10-18(11-7-16)17-8-4-15(5-9-17)13-19-2/h3,15-18H,1,4-14H2,2H3/t15-,16?,17-,18?. The molecule has 0 aromatic carbocycles. The molecule has 0 aromatic heterocycles. The van der Waals surface area contributed by atoms with Crippen molar-refractivity contribution < 1.29 is 9.47 Å². The topological polar surface area (TPSA) is 18.5 Å². The van der Waals surface area contributed by atoms with Gasteiger partial charge in [-0.2, -0.15) is 0 Å². The SMILES string of the molecule is C=CCOCC1CCC([C@H]2CC[C@H](COC)CC2)CC1. The predicted molar refractivity (Wildman–Crippen MR) is 83.8 cm³/mol. The summed E-state index contributed by atoms with van der Waals surface area (Å²) in [6.07, 6.45) is 13.1. The van der Waals surface area contributed by atoms with Crippen LogP contribution in [0.3, 0.4) is 0 Å². The second kappa shape index (κ2) is 8.84. The van der Waals surface area contributed by atoms with Gasteiger partial charge in [0.1, 0.15) is 0 Å². The molecule has 0 spiro atoms. The molecule has 116 valence electrons. The Labute approximate surface area is 124 Å². The maximum Gasteiger partial charge on any atom is 0.0644 e. The molecule has 0 saturated heterocycles.